The topological polar surface area (TPSA) is 64.6 Å². The van der Waals surface area contributed by atoms with Crippen LogP contribution in [0.5, 0.6) is 0 Å². The van der Waals surface area contributed by atoms with Crippen molar-refractivity contribution in [1.82, 2.24) is 5.32 Å². The molecule has 0 spiro atoms. The van der Waals surface area contributed by atoms with Crippen LogP contribution in [0.4, 0.5) is 4.79 Å². The molecule has 2 rings (SSSR count). The van der Waals surface area contributed by atoms with Gasteiger partial charge in [0.05, 0.1) is 18.6 Å². The van der Waals surface area contributed by atoms with E-state index in [4.69, 9.17) is 9.47 Å². The first-order valence-corrected chi connectivity index (χ1v) is 11.2. The van der Waals surface area contributed by atoms with Crippen LogP contribution in [0.25, 0.3) is 0 Å². The lowest BCUT2D eigenvalue weighted by atomic mass is 9.79. The predicted octanol–water partition coefficient (Wildman–Crippen LogP) is 5.84. The second kappa shape index (κ2) is 13.0. The minimum Gasteiger partial charge on any atom is -0.445 e. The molecule has 1 amide bonds. The summed E-state index contributed by atoms with van der Waals surface area (Å²) < 4.78 is 11.2. The summed E-state index contributed by atoms with van der Waals surface area (Å²) in [7, 11) is 0. The van der Waals surface area contributed by atoms with E-state index in [1.54, 1.807) is 6.92 Å². The largest absolute Gasteiger partial charge is 0.445 e. The van der Waals surface area contributed by atoms with Gasteiger partial charge >= 0.3 is 6.09 Å². The molecule has 0 saturated carbocycles. The van der Waals surface area contributed by atoms with Gasteiger partial charge in [0.15, 0.2) is 0 Å². The summed E-state index contributed by atoms with van der Waals surface area (Å²) in [5.74, 6) is 0.0634. The Hall–Kier alpha value is -2.66. The number of Topliss-reactive ketones (excluding diaryl/α,β-unsaturated/α-hetero) is 1. The number of hydrogen-bond donors (Lipinski definition) is 1. The number of ether oxygens (including phenoxy) is 2. The molecule has 2 aromatic carbocycles. The average molecular weight is 442 g/mol. The normalized spacial score (nSPS) is 12.7. The molecule has 1 N–H and O–H groups in total. The third kappa shape index (κ3) is 8.83. The fourth-order valence-electron chi connectivity index (χ4n) is 3.04. The zero-order chi connectivity index (χ0) is 24.2. The maximum absolute atomic E-state index is 12.4. The Balaban J connectivity index is 0.00000249. The first-order valence-electron chi connectivity index (χ1n) is 11.2. The summed E-state index contributed by atoms with van der Waals surface area (Å²) in [6.07, 6.45) is -0.458. The van der Waals surface area contributed by atoms with Crippen LogP contribution in [0.3, 0.4) is 0 Å². The Kier molecular flexibility index (Phi) is 11.1. The van der Waals surface area contributed by atoms with Gasteiger partial charge in [0.2, 0.25) is 0 Å². The van der Waals surface area contributed by atoms with Crippen LogP contribution in [-0.2, 0) is 26.3 Å². The number of benzene rings is 2. The summed E-state index contributed by atoms with van der Waals surface area (Å²) in [6.45, 7) is 14.9. The van der Waals surface area contributed by atoms with E-state index in [0.29, 0.717) is 13.2 Å². The molecule has 0 aromatic heterocycles. The van der Waals surface area contributed by atoms with Gasteiger partial charge in [-0.15, -0.1) is 0 Å². The van der Waals surface area contributed by atoms with E-state index in [1.807, 2.05) is 96.1 Å². The third-order valence-corrected chi connectivity index (χ3v) is 5.24. The minimum atomic E-state index is -0.704. The Bertz CT molecular complexity index is 848. The van der Waals surface area contributed by atoms with Crippen molar-refractivity contribution in [2.75, 3.05) is 19.8 Å². The highest BCUT2D eigenvalue weighted by atomic mass is 16.5. The Labute approximate surface area is 193 Å². The molecule has 1 unspecified atom stereocenters. The molecule has 5 heteroatoms. The van der Waals surface area contributed by atoms with Gasteiger partial charge in [0.1, 0.15) is 12.4 Å². The number of amides is 1. The molecule has 2 aromatic rings. The molecule has 0 heterocycles. The first kappa shape index (κ1) is 27.4. The van der Waals surface area contributed by atoms with Crippen LogP contribution in [0, 0.1) is 12.3 Å². The molecule has 5 nitrogen and oxygen atoms in total. The highest BCUT2D eigenvalue weighted by Gasteiger charge is 2.33. The number of ketones is 1. The summed E-state index contributed by atoms with van der Waals surface area (Å²) in [6, 6.07) is 17.5. The van der Waals surface area contributed by atoms with E-state index < -0.39 is 11.5 Å². The van der Waals surface area contributed by atoms with Crippen molar-refractivity contribution in [2.45, 2.75) is 60.5 Å². The van der Waals surface area contributed by atoms with Crippen molar-refractivity contribution in [1.29, 1.82) is 0 Å². The minimum absolute atomic E-state index is 0.0634. The van der Waals surface area contributed by atoms with Crippen molar-refractivity contribution in [3.63, 3.8) is 0 Å². The van der Waals surface area contributed by atoms with Crippen LogP contribution < -0.4 is 5.32 Å². The van der Waals surface area contributed by atoms with Gasteiger partial charge in [-0.1, -0.05) is 87.9 Å². The summed E-state index contributed by atoms with van der Waals surface area (Å²) in [4.78, 5) is 24.4. The van der Waals surface area contributed by atoms with Crippen molar-refractivity contribution >= 4 is 11.9 Å². The number of nitrogens with one attached hydrogen (secondary N) is 1. The second-order valence-electron chi connectivity index (χ2n) is 8.83. The van der Waals surface area contributed by atoms with Crippen LogP contribution in [0.2, 0.25) is 0 Å². The molecular formula is C27H39NO4. The van der Waals surface area contributed by atoms with Crippen LogP contribution >= 0.6 is 0 Å². The van der Waals surface area contributed by atoms with Gasteiger partial charge in [-0.2, -0.15) is 0 Å². The van der Waals surface area contributed by atoms with Gasteiger partial charge in [0, 0.05) is 12.0 Å². The molecule has 0 bridgehead atoms. The average Bonchev–Trinajstić information content (AvgIpc) is 2.78. The van der Waals surface area contributed by atoms with Crippen LogP contribution in [-0.4, -0.2) is 31.6 Å². The highest BCUT2D eigenvalue weighted by Crippen LogP contribution is 2.27. The molecule has 0 saturated heterocycles. The number of alkyl carbamates (subject to hydrolysis) is 1. The number of rotatable bonds is 10. The van der Waals surface area contributed by atoms with Gasteiger partial charge in [-0.3, -0.25) is 4.79 Å². The predicted molar refractivity (Wildman–Crippen MR) is 130 cm³/mol. The molecule has 0 aliphatic heterocycles. The fourth-order valence-corrected chi connectivity index (χ4v) is 3.04. The number of carbonyl (C=O) groups is 2. The van der Waals surface area contributed by atoms with Crippen molar-refractivity contribution in [2.24, 2.45) is 5.41 Å². The highest BCUT2D eigenvalue weighted by molar-refractivity contribution is 5.87. The summed E-state index contributed by atoms with van der Waals surface area (Å²) >= 11 is 0. The maximum atomic E-state index is 12.4. The second-order valence-corrected chi connectivity index (χ2v) is 8.83. The Morgan fingerprint density at radius 3 is 2.19 bits per heavy atom. The lowest BCUT2D eigenvalue weighted by Gasteiger charge is -2.30. The first-order chi connectivity index (χ1) is 15.1. The Morgan fingerprint density at radius 1 is 0.938 bits per heavy atom. The zero-order valence-electron chi connectivity index (χ0n) is 20.7. The summed E-state index contributed by atoms with van der Waals surface area (Å²) in [5.41, 5.74) is 1.99. The molecule has 0 radical (unpaired) electrons. The lowest BCUT2D eigenvalue weighted by Crippen LogP contribution is -2.40. The molecular weight excluding hydrogens is 402 g/mol. The fraction of sp³-hybridized carbons (Fsp3) is 0.481. The van der Waals surface area contributed by atoms with Crippen molar-refractivity contribution < 1.29 is 19.1 Å². The third-order valence-electron chi connectivity index (χ3n) is 5.24. The standard InChI is InChI=1S/C25H33NO4.C2H6/c1-19-10-9-13-22(14-19)25(5,20(2)27)18-29-17-24(3,4)16-26-23(28)30-15-21-11-7-6-8-12-21;1-2/h6-14H,15-18H2,1-5H3,(H,26,28);1-2H3. The van der Waals surface area contributed by atoms with E-state index in [0.717, 1.165) is 16.7 Å². The molecule has 1 atom stereocenters. The molecule has 176 valence electrons. The summed E-state index contributed by atoms with van der Waals surface area (Å²) in [5, 5.41) is 2.79. The number of carbonyl (C=O) groups excluding carboxylic acids is 2. The van der Waals surface area contributed by atoms with E-state index in [-0.39, 0.29) is 24.4 Å². The quantitative estimate of drug-likeness (QED) is 0.503. The zero-order valence-corrected chi connectivity index (χ0v) is 20.7. The van der Waals surface area contributed by atoms with Crippen molar-refractivity contribution in [3.05, 3.63) is 71.3 Å². The van der Waals surface area contributed by atoms with E-state index >= 15 is 0 Å². The maximum Gasteiger partial charge on any atom is 0.407 e. The van der Waals surface area contributed by atoms with Gasteiger partial charge in [-0.05, 0) is 31.9 Å². The Morgan fingerprint density at radius 2 is 1.59 bits per heavy atom. The molecule has 32 heavy (non-hydrogen) atoms. The van der Waals surface area contributed by atoms with Crippen molar-refractivity contribution in [3.8, 4) is 0 Å². The van der Waals surface area contributed by atoms with Crippen LogP contribution in [0.15, 0.2) is 54.6 Å². The van der Waals surface area contributed by atoms with Crippen LogP contribution in [0.1, 0.15) is 58.2 Å². The van der Waals surface area contributed by atoms with E-state index in [2.05, 4.69) is 5.32 Å². The monoisotopic (exact) mass is 441 g/mol. The van der Waals surface area contributed by atoms with E-state index in [1.165, 1.54) is 0 Å². The van der Waals surface area contributed by atoms with E-state index in [9.17, 15) is 9.59 Å². The molecule has 0 fully saturated rings. The van der Waals surface area contributed by atoms with Gasteiger partial charge in [0.25, 0.3) is 0 Å². The number of aryl methyl sites for hydroxylation is 1. The van der Waals surface area contributed by atoms with Gasteiger partial charge < -0.3 is 14.8 Å². The van der Waals surface area contributed by atoms with Gasteiger partial charge in [-0.25, -0.2) is 4.79 Å². The molecule has 0 aliphatic carbocycles. The SMILES string of the molecule is CC.CC(=O)C(C)(COCC(C)(C)CNC(=O)OCc1ccccc1)c1cccc(C)c1. The smallest absolute Gasteiger partial charge is 0.407 e. The lowest BCUT2D eigenvalue weighted by molar-refractivity contribution is -0.124. The number of hydrogen-bond acceptors (Lipinski definition) is 4. The molecule has 0 aliphatic rings.